The lowest BCUT2D eigenvalue weighted by Crippen LogP contribution is -2.60. The van der Waals surface area contributed by atoms with Crippen LogP contribution in [0.25, 0.3) is 0 Å². The first-order chi connectivity index (χ1) is 7.29. The standard InChI is InChI=1S/C12H16N2O/c1-2-12(10-6-4-3-5-7-10)11(15)13-8-9-14-12/h3-7,14H,2,8-9H2,1H3,(H,13,15)/t12-/m1/s1. The van der Waals surface area contributed by atoms with Gasteiger partial charge in [0.1, 0.15) is 5.54 Å². The van der Waals surface area contributed by atoms with Gasteiger partial charge in [-0.1, -0.05) is 37.3 Å². The van der Waals surface area contributed by atoms with E-state index in [2.05, 4.69) is 10.6 Å². The third-order valence-corrected chi connectivity index (χ3v) is 3.02. The SMILES string of the molecule is CC[C@]1(c2ccccc2)NCCNC1=O. The molecule has 3 heteroatoms. The molecule has 0 radical (unpaired) electrons. The first kappa shape index (κ1) is 10.2. The van der Waals surface area contributed by atoms with Crippen LogP contribution in [0.3, 0.4) is 0 Å². The van der Waals surface area contributed by atoms with E-state index >= 15 is 0 Å². The van der Waals surface area contributed by atoms with Gasteiger partial charge < -0.3 is 5.32 Å². The zero-order valence-corrected chi connectivity index (χ0v) is 8.92. The molecule has 15 heavy (non-hydrogen) atoms. The van der Waals surface area contributed by atoms with Crippen LogP contribution in [0.2, 0.25) is 0 Å². The molecule has 1 aliphatic rings. The van der Waals surface area contributed by atoms with Crippen LogP contribution in [0.1, 0.15) is 18.9 Å². The summed E-state index contributed by atoms with van der Waals surface area (Å²) >= 11 is 0. The first-order valence-corrected chi connectivity index (χ1v) is 5.38. The zero-order chi connectivity index (χ0) is 10.7. The van der Waals surface area contributed by atoms with Gasteiger partial charge in [0.15, 0.2) is 0 Å². The molecule has 1 fully saturated rings. The second kappa shape index (κ2) is 4.03. The zero-order valence-electron chi connectivity index (χ0n) is 8.92. The van der Waals surface area contributed by atoms with Crippen molar-refractivity contribution < 1.29 is 4.79 Å². The van der Waals surface area contributed by atoms with Crippen molar-refractivity contribution in [2.45, 2.75) is 18.9 Å². The van der Waals surface area contributed by atoms with Crippen LogP contribution >= 0.6 is 0 Å². The number of hydrogen-bond donors (Lipinski definition) is 2. The molecule has 1 saturated heterocycles. The Kier molecular flexibility index (Phi) is 2.73. The van der Waals surface area contributed by atoms with Gasteiger partial charge in [0.2, 0.25) is 5.91 Å². The predicted molar refractivity (Wildman–Crippen MR) is 59.4 cm³/mol. The maximum atomic E-state index is 12.0. The highest BCUT2D eigenvalue weighted by Crippen LogP contribution is 2.26. The molecule has 0 unspecified atom stereocenters. The molecule has 80 valence electrons. The average Bonchev–Trinajstić information content (AvgIpc) is 2.31. The van der Waals surface area contributed by atoms with E-state index in [-0.39, 0.29) is 5.91 Å². The summed E-state index contributed by atoms with van der Waals surface area (Å²) in [5, 5.41) is 6.26. The van der Waals surface area contributed by atoms with Crippen molar-refractivity contribution in [1.29, 1.82) is 0 Å². The number of nitrogens with one attached hydrogen (secondary N) is 2. The highest BCUT2D eigenvalue weighted by atomic mass is 16.2. The maximum absolute atomic E-state index is 12.0. The van der Waals surface area contributed by atoms with E-state index in [1.54, 1.807) is 0 Å². The average molecular weight is 204 g/mol. The van der Waals surface area contributed by atoms with E-state index in [1.807, 2.05) is 37.3 Å². The lowest BCUT2D eigenvalue weighted by molar-refractivity contribution is -0.129. The molecule has 1 amide bonds. The van der Waals surface area contributed by atoms with E-state index in [0.717, 1.165) is 18.5 Å². The van der Waals surface area contributed by atoms with Crippen molar-refractivity contribution in [3.63, 3.8) is 0 Å². The fraction of sp³-hybridized carbons (Fsp3) is 0.417. The van der Waals surface area contributed by atoms with Crippen LogP contribution < -0.4 is 10.6 Å². The molecule has 3 nitrogen and oxygen atoms in total. The maximum Gasteiger partial charge on any atom is 0.244 e. The predicted octanol–water partition coefficient (Wildman–Crippen LogP) is 1.01. The number of piperazine rings is 1. The molecule has 1 heterocycles. The normalized spacial score (nSPS) is 26.1. The molecule has 1 aromatic rings. The number of carbonyl (C=O) groups is 1. The van der Waals surface area contributed by atoms with Gasteiger partial charge in [-0.15, -0.1) is 0 Å². The van der Waals surface area contributed by atoms with Crippen molar-refractivity contribution in [3.05, 3.63) is 35.9 Å². The van der Waals surface area contributed by atoms with Crippen LogP contribution in [-0.2, 0) is 10.3 Å². The summed E-state index contributed by atoms with van der Waals surface area (Å²) in [6, 6.07) is 9.91. The van der Waals surface area contributed by atoms with Gasteiger partial charge in [0.05, 0.1) is 0 Å². The second-order valence-electron chi connectivity index (χ2n) is 3.81. The summed E-state index contributed by atoms with van der Waals surface area (Å²) in [5.41, 5.74) is 0.518. The molecule has 0 aromatic heterocycles. The molecule has 1 atom stereocenters. The molecule has 0 bridgehead atoms. The van der Waals surface area contributed by atoms with Gasteiger partial charge in [-0.05, 0) is 12.0 Å². The second-order valence-corrected chi connectivity index (χ2v) is 3.81. The Labute approximate surface area is 89.9 Å². The van der Waals surface area contributed by atoms with Crippen LogP contribution in [0.5, 0.6) is 0 Å². The van der Waals surface area contributed by atoms with Gasteiger partial charge >= 0.3 is 0 Å². The van der Waals surface area contributed by atoms with Gasteiger partial charge in [0, 0.05) is 13.1 Å². The smallest absolute Gasteiger partial charge is 0.244 e. The van der Waals surface area contributed by atoms with Crippen molar-refractivity contribution in [1.82, 2.24) is 10.6 Å². The molecule has 2 N–H and O–H groups in total. The molecular formula is C12H16N2O. The fourth-order valence-corrected chi connectivity index (χ4v) is 2.13. The monoisotopic (exact) mass is 204 g/mol. The lowest BCUT2D eigenvalue weighted by atomic mass is 9.85. The van der Waals surface area contributed by atoms with Crippen LogP contribution in [0.15, 0.2) is 30.3 Å². The Morgan fingerprint density at radius 3 is 2.60 bits per heavy atom. The minimum Gasteiger partial charge on any atom is -0.353 e. The number of amides is 1. The molecule has 1 aromatic carbocycles. The van der Waals surface area contributed by atoms with Gasteiger partial charge in [-0.2, -0.15) is 0 Å². The Hall–Kier alpha value is -1.35. The van der Waals surface area contributed by atoms with Crippen molar-refractivity contribution in [3.8, 4) is 0 Å². The van der Waals surface area contributed by atoms with Crippen molar-refractivity contribution in [2.75, 3.05) is 13.1 Å². The van der Waals surface area contributed by atoms with Gasteiger partial charge in [0.25, 0.3) is 0 Å². The van der Waals surface area contributed by atoms with E-state index in [9.17, 15) is 4.79 Å². The quantitative estimate of drug-likeness (QED) is 0.755. The van der Waals surface area contributed by atoms with E-state index in [0.29, 0.717) is 6.54 Å². The third-order valence-electron chi connectivity index (χ3n) is 3.02. The number of benzene rings is 1. The minimum atomic E-state index is -0.528. The van der Waals surface area contributed by atoms with E-state index in [1.165, 1.54) is 0 Å². The number of carbonyl (C=O) groups excluding carboxylic acids is 1. The van der Waals surface area contributed by atoms with Crippen LogP contribution in [-0.4, -0.2) is 19.0 Å². The summed E-state index contributed by atoms with van der Waals surface area (Å²) in [4.78, 5) is 12.0. The lowest BCUT2D eigenvalue weighted by Gasteiger charge is -2.36. The molecule has 1 aliphatic heterocycles. The minimum absolute atomic E-state index is 0.0856. The molecule has 2 rings (SSSR count). The van der Waals surface area contributed by atoms with Crippen LogP contribution in [0.4, 0.5) is 0 Å². The van der Waals surface area contributed by atoms with Gasteiger partial charge in [-0.25, -0.2) is 0 Å². The molecule has 0 spiro atoms. The first-order valence-electron chi connectivity index (χ1n) is 5.38. The summed E-state index contributed by atoms with van der Waals surface area (Å²) in [5.74, 6) is 0.0856. The van der Waals surface area contributed by atoms with Crippen molar-refractivity contribution in [2.24, 2.45) is 0 Å². The topological polar surface area (TPSA) is 41.1 Å². The number of hydrogen-bond acceptors (Lipinski definition) is 2. The highest BCUT2D eigenvalue weighted by Gasteiger charge is 2.39. The van der Waals surface area contributed by atoms with Crippen molar-refractivity contribution >= 4 is 5.91 Å². The van der Waals surface area contributed by atoms with Gasteiger partial charge in [-0.3, -0.25) is 10.1 Å². The summed E-state index contributed by atoms with van der Waals surface area (Å²) in [6.45, 7) is 3.58. The summed E-state index contributed by atoms with van der Waals surface area (Å²) < 4.78 is 0. The summed E-state index contributed by atoms with van der Waals surface area (Å²) in [7, 11) is 0. The van der Waals surface area contributed by atoms with E-state index in [4.69, 9.17) is 0 Å². The van der Waals surface area contributed by atoms with Crippen LogP contribution in [0, 0.1) is 0 Å². The summed E-state index contributed by atoms with van der Waals surface area (Å²) in [6.07, 6.45) is 0.767. The Morgan fingerprint density at radius 2 is 2.00 bits per heavy atom. The molecule has 0 saturated carbocycles. The largest absolute Gasteiger partial charge is 0.353 e. The Balaban J connectivity index is 2.40. The third kappa shape index (κ3) is 1.63. The Morgan fingerprint density at radius 1 is 1.27 bits per heavy atom. The fourth-order valence-electron chi connectivity index (χ4n) is 2.13. The molecular weight excluding hydrogens is 188 g/mol. The molecule has 0 aliphatic carbocycles. The van der Waals surface area contributed by atoms with E-state index < -0.39 is 5.54 Å². The number of rotatable bonds is 2. The Bertz CT molecular complexity index is 350. The highest BCUT2D eigenvalue weighted by molar-refractivity contribution is 5.88.